The van der Waals surface area contributed by atoms with Gasteiger partial charge in [-0.15, -0.1) is 0 Å². The molecule has 0 saturated heterocycles. The highest BCUT2D eigenvalue weighted by atomic mass is 16.5. The summed E-state index contributed by atoms with van der Waals surface area (Å²) in [6.07, 6.45) is 0.797. The number of ether oxygens (including phenoxy) is 1. The van der Waals surface area contributed by atoms with Crippen LogP contribution in [0, 0.1) is 0 Å². The third kappa shape index (κ3) is 4.34. The second-order valence-corrected chi connectivity index (χ2v) is 6.63. The minimum absolute atomic E-state index is 0.0432. The van der Waals surface area contributed by atoms with Gasteiger partial charge < -0.3 is 15.0 Å². The number of para-hydroxylation sites is 1. The number of benzene rings is 2. The van der Waals surface area contributed by atoms with E-state index in [4.69, 9.17) is 4.74 Å². The molecule has 1 atom stereocenters. The number of anilines is 1. The zero-order chi connectivity index (χ0) is 19.4. The standard InChI is InChI=1S/C21H22N2O4/c1-14-11-18-5-3-4-6-19(18)23(14)20(25)13-27-21(26)17-9-7-16(8-10-17)12-22-15(2)24/h3-10,14H,11-13H2,1-2H3,(H,22,24). The van der Waals surface area contributed by atoms with Crippen LogP contribution in [0.3, 0.4) is 0 Å². The van der Waals surface area contributed by atoms with Crippen LogP contribution in [-0.4, -0.2) is 30.4 Å². The van der Waals surface area contributed by atoms with Crippen molar-refractivity contribution in [2.75, 3.05) is 11.5 Å². The first-order chi connectivity index (χ1) is 13.0. The quantitative estimate of drug-likeness (QED) is 0.825. The fourth-order valence-corrected chi connectivity index (χ4v) is 3.21. The van der Waals surface area contributed by atoms with Crippen LogP contribution in [-0.2, 0) is 27.3 Å². The molecule has 1 heterocycles. The zero-order valence-corrected chi connectivity index (χ0v) is 15.4. The minimum Gasteiger partial charge on any atom is -0.452 e. The fraction of sp³-hybridized carbons (Fsp3) is 0.286. The molecule has 1 unspecified atom stereocenters. The van der Waals surface area contributed by atoms with Crippen LogP contribution < -0.4 is 10.2 Å². The number of nitrogens with zero attached hydrogens (tertiary/aromatic N) is 1. The van der Waals surface area contributed by atoms with E-state index in [0.717, 1.165) is 23.2 Å². The van der Waals surface area contributed by atoms with E-state index in [0.29, 0.717) is 12.1 Å². The van der Waals surface area contributed by atoms with Crippen molar-refractivity contribution in [2.45, 2.75) is 32.9 Å². The molecule has 0 radical (unpaired) electrons. The Hall–Kier alpha value is -3.15. The van der Waals surface area contributed by atoms with Crippen molar-refractivity contribution in [1.29, 1.82) is 0 Å². The Morgan fingerprint density at radius 2 is 1.81 bits per heavy atom. The van der Waals surface area contributed by atoms with Crippen molar-refractivity contribution in [3.8, 4) is 0 Å². The van der Waals surface area contributed by atoms with Crippen LogP contribution in [0.1, 0.15) is 35.3 Å². The lowest BCUT2D eigenvalue weighted by Crippen LogP contribution is -2.38. The first-order valence-electron chi connectivity index (χ1n) is 8.86. The van der Waals surface area contributed by atoms with Crippen LogP contribution >= 0.6 is 0 Å². The average molecular weight is 366 g/mol. The van der Waals surface area contributed by atoms with Gasteiger partial charge in [0, 0.05) is 25.2 Å². The molecule has 2 amide bonds. The number of fused-ring (bicyclic) bond motifs is 1. The number of carbonyl (C=O) groups is 3. The molecule has 2 aromatic rings. The molecule has 1 aliphatic rings. The molecule has 0 aromatic heterocycles. The first-order valence-corrected chi connectivity index (χ1v) is 8.86. The number of esters is 1. The van der Waals surface area contributed by atoms with E-state index in [-0.39, 0.29) is 24.5 Å². The average Bonchev–Trinajstić information content (AvgIpc) is 3.00. The Morgan fingerprint density at radius 1 is 1.11 bits per heavy atom. The Kier molecular flexibility index (Phi) is 5.54. The van der Waals surface area contributed by atoms with Gasteiger partial charge in [-0.25, -0.2) is 4.79 Å². The molecule has 0 bridgehead atoms. The van der Waals surface area contributed by atoms with E-state index in [9.17, 15) is 14.4 Å². The molecule has 0 saturated carbocycles. The molecule has 1 aliphatic heterocycles. The Morgan fingerprint density at radius 3 is 2.52 bits per heavy atom. The molecule has 140 valence electrons. The second-order valence-electron chi connectivity index (χ2n) is 6.63. The highest BCUT2D eigenvalue weighted by molar-refractivity contribution is 5.99. The largest absolute Gasteiger partial charge is 0.452 e. The van der Waals surface area contributed by atoms with E-state index in [1.165, 1.54) is 6.92 Å². The van der Waals surface area contributed by atoms with Gasteiger partial charge in [-0.3, -0.25) is 9.59 Å². The third-order valence-corrected chi connectivity index (χ3v) is 4.53. The predicted octanol–water partition coefficient (Wildman–Crippen LogP) is 2.46. The number of hydrogen-bond donors (Lipinski definition) is 1. The Balaban J connectivity index is 1.57. The van der Waals surface area contributed by atoms with Crippen LogP contribution in [0.15, 0.2) is 48.5 Å². The van der Waals surface area contributed by atoms with Crippen LogP contribution in [0.5, 0.6) is 0 Å². The van der Waals surface area contributed by atoms with E-state index in [2.05, 4.69) is 5.32 Å². The van der Waals surface area contributed by atoms with Crippen molar-refractivity contribution in [3.63, 3.8) is 0 Å². The van der Waals surface area contributed by atoms with Gasteiger partial charge in [0.1, 0.15) is 0 Å². The van der Waals surface area contributed by atoms with Gasteiger partial charge in [0.2, 0.25) is 5.91 Å². The maximum Gasteiger partial charge on any atom is 0.338 e. The molecular weight excluding hydrogens is 344 g/mol. The van der Waals surface area contributed by atoms with Crippen LogP contribution in [0.4, 0.5) is 5.69 Å². The summed E-state index contributed by atoms with van der Waals surface area (Å²) >= 11 is 0. The van der Waals surface area contributed by atoms with Gasteiger partial charge in [0.15, 0.2) is 6.61 Å². The lowest BCUT2D eigenvalue weighted by molar-refractivity contribution is -0.122. The van der Waals surface area contributed by atoms with Crippen molar-refractivity contribution in [3.05, 3.63) is 65.2 Å². The molecule has 27 heavy (non-hydrogen) atoms. The van der Waals surface area contributed by atoms with E-state index >= 15 is 0 Å². The number of nitrogens with one attached hydrogen (secondary N) is 1. The van der Waals surface area contributed by atoms with Crippen molar-refractivity contribution in [1.82, 2.24) is 5.32 Å². The molecule has 1 N–H and O–H groups in total. The van der Waals surface area contributed by atoms with Gasteiger partial charge in [0.05, 0.1) is 5.56 Å². The van der Waals surface area contributed by atoms with E-state index in [1.807, 2.05) is 31.2 Å². The molecule has 3 rings (SSSR count). The molecule has 0 spiro atoms. The summed E-state index contributed by atoms with van der Waals surface area (Å²) in [4.78, 5) is 37.4. The molecular formula is C21H22N2O4. The van der Waals surface area contributed by atoms with Crippen molar-refractivity contribution >= 4 is 23.5 Å². The summed E-state index contributed by atoms with van der Waals surface area (Å²) in [5, 5.41) is 2.69. The molecule has 6 heteroatoms. The number of rotatable bonds is 5. The van der Waals surface area contributed by atoms with Gasteiger partial charge in [-0.1, -0.05) is 30.3 Å². The molecule has 0 aliphatic carbocycles. The lowest BCUT2D eigenvalue weighted by atomic mass is 10.1. The lowest BCUT2D eigenvalue weighted by Gasteiger charge is -2.22. The van der Waals surface area contributed by atoms with Gasteiger partial charge in [-0.05, 0) is 42.7 Å². The summed E-state index contributed by atoms with van der Waals surface area (Å²) < 4.78 is 5.20. The fourth-order valence-electron chi connectivity index (χ4n) is 3.21. The summed E-state index contributed by atoms with van der Waals surface area (Å²) in [6, 6.07) is 14.5. The summed E-state index contributed by atoms with van der Waals surface area (Å²) in [5.74, 6) is -0.896. The summed E-state index contributed by atoms with van der Waals surface area (Å²) in [5.41, 5.74) is 3.25. The second kappa shape index (κ2) is 8.03. The zero-order valence-electron chi connectivity index (χ0n) is 15.4. The maximum atomic E-state index is 12.6. The predicted molar refractivity (Wildman–Crippen MR) is 101 cm³/mol. The topological polar surface area (TPSA) is 75.7 Å². The smallest absolute Gasteiger partial charge is 0.338 e. The van der Waals surface area contributed by atoms with E-state index < -0.39 is 5.97 Å². The first kappa shape index (κ1) is 18.6. The normalized spacial score (nSPS) is 15.2. The number of amides is 2. The van der Waals surface area contributed by atoms with Gasteiger partial charge in [-0.2, -0.15) is 0 Å². The highest BCUT2D eigenvalue weighted by Crippen LogP contribution is 2.31. The number of hydrogen-bond acceptors (Lipinski definition) is 4. The number of carbonyl (C=O) groups excluding carboxylic acids is 3. The maximum absolute atomic E-state index is 12.6. The third-order valence-electron chi connectivity index (χ3n) is 4.53. The van der Waals surface area contributed by atoms with Crippen LogP contribution in [0.2, 0.25) is 0 Å². The SMILES string of the molecule is CC(=O)NCc1ccc(C(=O)OCC(=O)N2c3ccccc3CC2C)cc1. The Labute approximate surface area is 158 Å². The van der Waals surface area contributed by atoms with Gasteiger partial charge in [0.25, 0.3) is 5.91 Å². The summed E-state index contributed by atoms with van der Waals surface area (Å²) in [6.45, 7) is 3.52. The van der Waals surface area contributed by atoms with Crippen LogP contribution in [0.25, 0.3) is 0 Å². The van der Waals surface area contributed by atoms with Crippen molar-refractivity contribution in [2.24, 2.45) is 0 Å². The minimum atomic E-state index is -0.547. The van der Waals surface area contributed by atoms with E-state index in [1.54, 1.807) is 29.2 Å². The monoisotopic (exact) mass is 366 g/mol. The summed E-state index contributed by atoms with van der Waals surface area (Å²) in [7, 11) is 0. The molecule has 6 nitrogen and oxygen atoms in total. The highest BCUT2D eigenvalue weighted by Gasteiger charge is 2.30. The molecule has 2 aromatic carbocycles. The molecule has 0 fully saturated rings. The van der Waals surface area contributed by atoms with Gasteiger partial charge >= 0.3 is 5.97 Å². The Bertz CT molecular complexity index is 861. The van der Waals surface area contributed by atoms with Crippen molar-refractivity contribution < 1.29 is 19.1 Å².